The number of hydrogen-bond acceptors (Lipinski definition) is 3. The molecule has 4 nitrogen and oxygen atoms in total. The number of anilines is 2. The van der Waals surface area contributed by atoms with Crippen LogP contribution >= 0.6 is 23.2 Å². The SMILES string of the molecule is COc1ccc(NC(=O)[C@@H](C)Nc2ccc(Cl)c(Cl)c2)cc1. The van der Waals surface area contributed by atoms with Crippen LogP contribution in [0.5, 0.6) is 5.75 Å². The van der Waals surface area contributed by atoms with Crippen LogP contribution in [0, 0.1) is 0 Å². The molecule has 0 aliphatic rings. The predicted octanol–water partition coefficient (Wildman–Crippen LogP) is 4.44. The van der Waals surface area contributed by atoms with Crippen molar-refractivity contribution in [3.8, 4) is 5.75 Å². The molecule has 2 aromatic carbocycles. The molecule has 0 aliphatic carbocycles. The molecule has 6 heteroatoms. The number of halogens is 2. The first-order valence-electron chi connectivity index (χ1n) is 6.66. The third kappa shape index (κ3) is 4.29. The van der Waals surface area contributed by atoms with Crippen LogP contribution in [0.15, 0.2) is 42.5 Å². The number of ether oxygens (including phenoxy) is 1. The molecule has 2 N–H and O–H groups in total. The fraction of sp³-hybridized carbons (Fsp3) is 0.188. The second kappa shape index (κ2) is 7.38. The lowest BCUT2D eigenvalue weighted by Gasteiger charge is -2.16. The van der Waals surface area contributed by atoms with Crippen LogP contribution in [-0.4, -0.2) is 19.1 Å². The van der Waals surface area contributed by atoms with E-state index in [0.717, 1.165) is 11.4 Å². The monoisotopic (exact) mass is 338 g/mol. The molecular weight excluding hydrogens is 323 g/mol. The Balaban J connectivity index is 1.97. The van der Waals surface area contributed by atoms with Crippen molar-refractivity contribution in [3.05, 3.63) is 52.5 Å². The van der Waals surface area contributed by atoms with Crippen molar-refractivity contribution in [1.82, 2.24) is 0 Å². The van der Waals surface area contributed by atoms with Crippen LogP contribution in [0.3, 0.4) is 0 Å². The molecule has 1 atom stereocenters. The molecule has 22 heavy (non-hydrogen) atoms. The molecule has 2 rings (SSSR count). The number of benzene rings is 2. The third-order valence-electron chi connectivity index (χ3n) is 3.05. The zero-order valence-electron chi connectivity index (χ0n) is 12.2. The van der Waals surface area contributed by atoms with Crippen molar-refractivity contribution in [2.75, 3.05) is 17.7 Å². The van der Waals surface area contributed by atoms with Gasteiger partial charge in [-0.2, -0.15) is 0 Å². The molecule has 0 bridgehead atoms. The summed E-state index contributed by atoms with van der Waals surface area (Å²) in [5, 5.41) is 6.81. The van der Waals surface area contributed by atoms with Crippen molar-refractivity contribution in [1.29, 1.82) is 0 Å². The lowest BCUT2D eigenvalue weighted by Crippen LogP contribution is -2.31. The number of carbonyl (C=O) groups is 1. The Hall–Kier alpha value is -1.91. The minimum Gasteiger partial charge on any atom is -0.497 e. The molecule has 1 amide bonds. The average Bonchev–Trinajstić information content (AvgIpc) is 2.51. The lowest BCUT2D eigenvalue weighted by atomic mass is 10.2. The van der Waals surface area contributed by atoms with Crippen molar-refractivity contribution in [2.45, 2.75) is 13.0 Å². The van der Waals surface area contributed by atoms with E-state index in [4.69, 9.17) is 27.9 Å². The van der Waals surface area contributed by atoms with Gasteiger partial charge in [-0.3, -0.25) is 4.79 Å². The van der Waals surface area contributed by atoms with Gasteiger partial charge in [0.2, 0.25) is 5.91 Å². The summed E-state index contributed by atoms with van der Waals surface area (Å²) in [6.07, 6.45) is 0. The number of hydrogen-bond donors (Lipinski definition) is 2. The fourth-order valence-corrected chi connectivity index (χ4v) is 2.12. The molecule has 0 unspecified atom stereocenters. The van der Waals surface area contributed by atoms with E-state index in [1.54, 1.807) is 56.5 Å². The summed E-state index contributed by atoms with van der Waals surface area (Å²) >= 11 is 11.8. The van der Waals surface area contributed by atoms with E-state index in [0.29, 0.717) is 15.7 Å². The highest BCUT2D eigenvalue weighted by Gasteiger charge is 2.13. The molecule has 116 valence electrons. The number of amides is 1. The van der Waals surface area contributed by atoms with Crippen LogP contribution in [0.2, 0.25) is 10.0 Å². The van der Waals surface area contributed by atoms with Crippen molar-refractivity contribution in [2.24, 2.45) is 0 Å². The van der Waals surface area contributed by atoms with E-state index in [1.807, 2.05) is 0 Å². The van der Waals surface area contributed by atoms with Gasteiger partial charge in [0, 0.05) is 11.4 Å². The number of methoxy groups -OCH3 is 1. The Bertz CT molecular complexity index is 660. The minimum atomic E-state index is -0.431. The normalized spacial score (nSPS) is 11.6. The summed E-state index contributed by atoms with van der Waals surface area (Å²) in [5.41, 5.74) is 1.43. The quantitative estimate of drug-likeness (QED) is 0.847. The molecule has 0 fully saturated rings. The van der Waals surface area contributed by atoms with Gasteiger partial charge < -0.3 is 15.4 Å². The molecule has 0 saturated carbocycles. The van der Waals surface area contributed by atoms with Crippen molar-refractivity contribution in [3.63, 3.8) is 0 Å². The number of carbonyl (C=O) groups excluding carboxylic acids is 1. The Morgan fingerprint density at radius 3 is 2.27 bits per heavy atom. The van der Waals surface area contributed by atoms with Crippen LogP contribution in [0.1, 0.15) is 6.92 Å². The van der Waals surface area contributed by atoms with Crippen LogP contribution in [0.25, 0.3) is 0 Å². The molecule has 0 heterocycles. The van der Waals surface area contributed by atoms with E-state index >= 15 is 0 Å². The highest BCUT2D eigenvalue weighted by Crippen LogP contribution is 2.25. The number of rotatable bonds is 5. The van der Waals surface area contributed by atoms with Gasteiger partial charge in [-0.15, -0.1) is 0 Å². The van der Waals surface area contributed by atoms with Gasteiger partial charge in [-0.25, -0.2) is 0 Å². The standard InChI is InChI=1S/C16H16Cl2N2O2/c1-10(19-12-5-8-14(17)15(18)9-12)16(21)20-11-3-6-13(22-2)7-4-11/h3-10,19H,1-2H3,(H,20,21)/t10-/m1/s1. The van der Waals surface area contributed by atoms with Gasteiger partial charge >= 0.3 is 0 Å². The summed E-state index contributed by atoms with van der Waals surface area (Å²) < 4.78 is 5.07. The second-order valence-electron chi connectivity index (χ2n) is 4.71. The van der Waals surface area contributed by atoms with E-state index in [9.17, 15) is 4.79 Å². The summed E-state index contributed by atoms with van der Waals surface area (Å²) in [6, 6.07) is 11.8. The highest BCUT2D eigenvalue weighted by molar-refractivity contribution is 6.42. The average molecular weight is 339 g/mol. The van der Waals surface area contributed by atoms with Crippen molar-refractivity contribution >= 4 is 40.5 Å². The largest absolute Gasteiger partial charge is 0.497 e. The summed E-state index contributed by atoms with van der Waals surface area (Å²) in [6.45, 7) is 1.77. The second-order valence-corrected chi connectivity index (χ2v) is 5.53. The molecule has 0 radical (unpaired) electrons. The maximum absolute atomic E-state index is 12.2. The van der Waals surface area contributed by atoms with E-state index < -0.39 is 6.04 Å². The first-order chi connectivity index (χ1) is 10.5. The smallest absolute Gasteiger partial charge is 0.246 e. The van der Waals surface area contributed by atoms with Crippen LogP contribution in [0.4, 0.5) is 11.4 Å². The fourth-order valence-electron chi connectivity index (χ4n) is 1.83. The lowest BCUT2D eigenvalue weighted by molar-refractivity contribution is -0.116. The topological polar surface area (TPSA) is 50.4 Å². The van der Waals surface area contributed by atoms with E-state index in [2.05, 4.69) is 10.6 Å². The Morgan fingerprint density at radius 1 is 1.05 bits per heavy atom. The van der Waals surface area contributed by atoms with Gasteiger partial charge in [-0.1, -0.05) is 23.2 Å². The maximum atomic E-state index is 12.2. The minimum absolute atomic E-state index is 0.156. The first-order valence-corrected chi connectivity index (χ1v) is 7.41. The summed E-state index contributed by atoms with van der Waals surface area (Å²) in [4.78, 5) is 12.2. The van der Waals surface area contributed by atoms with Gasteiger partial charge in [0.15, 0.2) is 0 Å². The molecule has 2 aromatic rings. The van der Waals surface area contributed by atoms with E-state index in [1.165, 1.54) is 0 Å². The highest BCUT2D eigenvalue weighted by atomic mass is 35.5. The van der Waals surface area contributed by atoms with Crippen molar-refractivity contribution < 1.29 is 9.53 Å². The van der Waals surface area contributed by atoms with Gasteiger partial charge in [0.25, 0.3) is 0 Å². The van der Waals surface area contributed by atoms with Crippen LogP contribution < -0.4 is 15.4 Å². The maximum Gasteiger partial charge on any atom is 0.246 e. The van der Waals surface area contributed by atoms with Gasteiger partial charge in [-0.05, 0) is 49.4 Å². The summed E-state index contributed by atoms with van der Waals surface area (Å²) in [5.74, 6) is 0.580. The first kappa shape index (κ1) is 16.5. The van der Waals surface area contributed by atoms with Crippen LogP contribution in [-0.2, 0) is 4.79 Å². The molecule has 0 spiro atoms. The zero-order chi connectivity index (χ0) is 16.1. The number of nitrogens with one attached hydrogen (secondary N) is 2. The summed E-state index contributed by atoms with van der Waals surface area (Å²) in [7, 11) is 1.59. The Morgan fingerprint density at radius 2 is 1.68 bits per heavy atom. The predicted molar refractivity (Wildman–Crippen MR) is 91.2 cm³/mol. The van der Waals surface area contributed by atoms with Gasteiger partial charge in [0.1, 0.15) is 11.8 Å². The van der Waals surface area contributed by atoms with Gasteiger partial charge in [0.05, 0.1) is 17.2 Å². The molecule has 0 saturated heterocycles. The molecular formula is C16H16Cl2N2O2. The zero-order valence-corrected chi connectivity index (χ0v) is 13.7. The third-order valence-corrected chi connectivity index (χ3v) is 3.79. The molecule has 0 aliphatic heterocycles. The Labute approximate surface area is 139 Å². The molecule has 0 aromatic heterocycles. The Kier molecular flexibility index (Phi) is 5.52. The van der Waals surface area contributed by atoms with E-state index in [-0.39, 0.29) is 5.91 Å².